The van der Waals surface area contributed by atoms with Gasteiger partial charge in [0.15, 0.2) is 0 Å². The average molecular weight is 288 g/mol. The van der Waals surface area contributed by atoms with E-state index in [1.165, 1.54) is 12.0 Å². The summed E-state index contributed by atoms with van der Waals surface area (Å²) in [5.74, 6) is -0.991. The predicted octanol–water partition coefficient (Wildman–Crippen LogP) is 2.18. The summed E-state index contributed by atoms with van der Waals surface area (Å²) in [7, 11) is 0. The van der Waals surface area contributed by atoms with E-state index < -0.39 is 11.8 Å². The van der Waals surface area contributed by atoms with Gasteiger partial charge in [-0.1, -0.05) is 49.6 Å². The molecule has 1 aromatic carbocycles. The Labute approximate surface area is 126 Å². The molecule has 2 rings (SSSR count). The number of aryl methyl sites for hydroxylation is 1. The molecule has 2 amide bonds. The zero-order valence-corrected chi connectivity index (χ0v) is 12.4. The van der Waals surface area contributed by atoms with Crippen molar-refractivity contribution in [1.82, 2.24) is 10.6 Å². The predicted molar refractivity (Wildman–Crippen MR) is 82.8 cm³/mol. The molecule has 2 N–H and O–H groups in total. The molecule has 21 heavy (non-hydrogen) atoms. The second-order valence-corrected chi connectivity index (χ2v) is 5.65. The van der Waals surface area contributed by atoms with E-state index in [9.17, 15) is 9.59 Å². The molecular weight excluding hydrogens is 264 g/mol. The number of benzene rings is 1. The molecule has 114 valence electrons. The van der Waals surface area contributed by atoms with Gasteiger partial charge >= 0.3 is 11.8 Å². The summed E-state index contributed by atoms with van der Waals surface area (Å²) in [6, 6.07) is 10.3. The van der Waals surface area contributed by atoms with Gasteiger partial charge in [-0.25, -0.2) is 0 Å². The number of carbonyl (C=O) groups is 2. The van der Waals surface area contributed by atoms with Gasteiger partial charge in [-0.3, -0.25) is 9.59 Å². The molecule has 1 aliphatic rings. The van der Waals surface area contributed by atoms with E-state index in [1.54, 1.807) is 0 Å². The first-order chi connectivity index (χ1) is 10.3. The molecule has 0 saturated heterocycles. The van der Waals surface area contributed by atoms with Crippen molar-refractivity contribution in [2.24, 2.45) is 0 Å². The van der Waals surface area contributed by atoms with Crippen molar-refractivity contribution >= 4 is 11.8 Å². The molecule has 0 spiro atoms. The number of hydrogen-bond acceptors (Lipinski definition) is 2. The largest absolute Gasteiger partial charge is 0.348 e. The lowest BCUT2D eigenvalue weighted by Gasteiger charge is -2.22. The van der Waals surface area contributed by atoms with Crippen LogP contribution in [-0.4, -0.2) is 24.4 Å². The molecule has 4 heteroatoms. The summed E-state index contributed by atoms with van der Waals surface area (Å²) in [6.07, 6.45) is 7.25. The van der Waals surface area contributed by atoms with Gasteiger partial charge in [0.2, 0.25) is 0 Å². The van der Waals surface area contributed by atoms with Crippen LogP contribution in [0.4, 0.5) is 0 Å². The third kappa shape index (κ3) is 5.58. The number of carbonyl (C=O) groups excluding carboxylic acids is 2. The highest BCUT2D eigenvalue weighted by Gasteiger charge is 2.19. The molecular formula is C17H24N2O2. The van der Waals surface area contributed by atoms with E-state index in [2.05, 4.69) is 22.8 Å². The van der Waals surface area contributed by atoms with Crippen molar-refractivity contribution in [2.45, 2.75) is 51.0 Å². The van der Waals surface area contributed by atoms with Crippen molar-refractivity contribution in [3.63, 3.8) is 0 Å². The lowest BCUT2D eigenvalue weighted by Crippen LogP contribution is -2.45. The Morgan fingerprint density at radius 1 is 1.00 bits per heavy atom. The summed E-state index contributed by atoms with van der Waals surface area (Å²) in [4.78, 5) is 23.5. The van der Waals surface area contributed by atoms with E-state index in [4.69, 9.17) is 0 Å². The third-order valence-electron chi connectivity index (χ3n) is 3.92. The van der Waals surface area contributed by atoms with E-state index in [0.29, 0.717) is 6.54 Å². The fraction of sp³-hybridized carbons (Fsp3) is 0.529. The van der Waals surface area contributed by atoms with E-state index in [1.807, 2.05) is 18.2 Å². The van der Waals surface area contributed by atoms with Crippen LogP contribution in [0.3, 0.4) is 0 Å². The second kappa shape index (κ2) is 8.45. The summed E-state index contributed by atoms with van der Waals surface area (Å²) in [5.41, 5.74) is 1.25. The van der Waals surface area contributed by atoms with Crippen molar-refractivity contribution in [3.05, 3.63) is 35.9 Å². The Morgan fingerprint density at radius 2 is 1.71 bits per heavy atom. The summed E-state index contributed by atoms with van der Waals surface area (Å²) in [5, 5.41) is 5.52. The minimum absolute atomic E-state index is 0.182. The molecule has 1 saturated carbocycles. The highest BCUT2D eigenvalue weighted by molar-refractivity contribution is 6.35. The van der Waals surface area contributed by atoms with Crippen LogP contribution in [0.2, 0.25) is 0 Å². The van der Waals surface area contributed by atoms with Crippen LogP contribution < -0.4 is 10.6 Å². The fourth-order valence-electron chi connectivity index (χ4n) is 2.72. The molecule has 0 unspecified atom stereocenters. The molecule has 0 bridgehead atoms. The van der Waals surface area contributed by atoms with Crippen molar-refractivity contribution in [1.29, 1.82) is 0 Å². The van der Waals surface area contributed by atoms with Crippen LogP contribution >= 0.6 is 0 Å². The average Bonchev–Trinajstić information content (AvgIpc) is 2.53. The Balaban J connectivity index is 1.61. The molecule has 0 radical (unpaired) electrons. The van der Waals surface area contributed by atoms with Crippen LogP contribution in [0.25, 0.3) is 0 Å². The van der Waals surface area contributed by atoms with Crippen molar-refractivity contribution in [3.8, 4) is 0 Å². The first kappa shape index (κ1) is 15.5. The van der Waals surface area contributed by atoms with Gasteiger partial charge in [0.05, 0.1) is 0 Å². The van der Waals surface area contributed by atoms with Gasteiger partial charge in [0, 0.05) is 12.6 Å². The number of nitrogens with one attached hydrogen (secondary N) is 2. The first-order valence-corrected chi connectivity index (χ1v) is 7.88. The first-order valence-electron chi connectivity index (χ1n) is 7.88. The number of hydrogen-bond donors (Lipinski definition) is 2. The minimum atomic E-state index is -0.506. The molecule has 0 heterocycles. The van der Waals surface area contributed by atoms with E-state index >= 15 is 0 Å². The molecule has 0 aliphatic heterocycles. The van der Waals surface area contributed by atoms with E-state index in [-0.39, 0.29) is 6.04 Å². The zero-order chi connectivity index (χ0) is 14.9. The van der Waals surface area contributed by atoms with Gasteiger partial charge in [-0.15, -0.1) is 0 Å². The van der Waals surface area contributed by atoms with Crippen LogP contribution in [0.5, 0.6) is 0 Å². The molecule has 1 fully saturated rings. The van der Waals surface area contributed by atoms with Crippen LogP contribution in [-0.2, 0) is 16.0 Å². The number of rotatable bonds is 5. The zero-order valence-electron chi connectivity index (χ0n) is 12.4. The third-order valence-corrected chi connectivity index (χ3v) is 3.92. The lowest BCUT2D eigenvalue weighted by molar-refractivity contribution is -0.139. The maximum absolute atomic E-state index is 11.8. The normalized spacial score (nSPS) is 15.4. The van der Waals surface area contributed by atoms with Crippen molar-refractivity contribution < 1.29 is 9.59 Å². The topological polar surface area (TPSA) is 58.2 Å². The fourth-order valence-corrected chi connectivity index (χ4v) is 2.72. The SMILES string of the molecule is O=C(NCCCc1ccccc1)C(=O)NC1CCCCC1. The Bertz CT molecular complexity index is 453. The summed E-state index contributed by atoms with van der Waals surface area (Å²) >= 11 is 0. The standard InChI is InChI=1S/C17H24N2O2/c20-16(17(21)19-15-11-5-2-6-12-15)18-13-7-10-14-8-3-1-4-9-14/h1,3-4,8-9,15H,2,5-7,10-13H2,(H,18,20)(H,19,21). The van der Waals surface area contributed by atoms with Gasteiger partial charge in [-0.05, 0) is 31.2 Å². The summed E-state index contributed by atoms with van der Waals surface area (Å²) in [6.45, 7) is 0.534. The molecule has 1 aromatic rings. The Hall–Kier alpha value is -1.84. The van der Waals surface area contributed by atoms with Gasteiger partial charge < -0.3 is 10.6 Å². The quantitative estimate of drug-likeness (QED) is 0.644. The van der Waals surface area contributed by atoms with E-state index in [0.717, 1.165) is 38.5 Å². The number of amides is 2. The van der Waals surface area contributed by atoms with Crippen molar-refractivity contribution in [2.75, 3.05) is 6.54 Å². The van der Waals surface area contributed by atoms with Crippen LogP contribution in [0.1, 0.15) is 44.1 Å². The molecule has 0 aromatic heterocycles. The lowest BCUT2D eigenvalue weighted by atomic mass is 9.95. The van der Waals surface area contributed by atoms with Gasteiger partial charge in [0.1, 0.15) is 0 Å². The van der Waals surface area contributed by atoms with Gasteiger partial charge in [0.25, 0.3) is 0 Å². The highest BCUT2D eigenvalue weighted by atomic mass is 16.2. The molecule has 1 aliphatic carbocycles. The van der Waals surface area contributed by atoms with Gasteiger partial charge in [-0.2, -0.15) is 0 Å². The maximum atomic E-state index is 11.8. The van der Waals surface area contributed by atoms with Crippen LogP contribution in [0, 0.1) is 0 Å². The highest BCUT2D eigenvalue weighted by Crippen LogP contribution is 2.17. The Morgan fingerprint density at radius 3 is 2.43 bits per heavy atom. The Kier molecular flexibility index (Phi) is 6.25. The maximum Gasteiger partial charge on any atom is 0.309 e. The molecule has 0 atom stereocenters. The monoisotopic (exact) mass is 288 g/mol. The smallest absolute Gasteiger partial charge is 0.309 e. The van der Waals surface area contributed by atoms with Crippen LogP contribution in [0.15, 0.2) is 30.3 Å². The minimum Gasteiger partial charge on any atom is -0.348 e. The second-order valence-electron chi connectivity index (χ2n) is 5.65. The summed E-state index contributed by atoms with van der Waals surface area (Å²) < 4.78 is 0. The molecule has 4 nitrogen and oxygen atoms in total.